The van der Waals surface area contributed by atoms with Gasteiger partial charge in [-0.3, -0.25) is 9.80 Å². The van der Waals surface area contributed by atoms with Gasteiger partial charge in [0.05, 0.1) is 7.11 Å². The maximum atomic E-state index is 6.03. The fraction of sp³-hybridized carbons (Fsp3) is 0.400. The highest BCUT2D eigenvalue weighted by Crippen LogP contribution is 2.30. The minimum atomic E-state index is 0.545. The Morgan fingerprint density at radius 1 is 0.714 bits per heavy atom. The quantitative estimate of drug-likeness (QED) is 0.458. The number of nitrogens with zero attached hydrogens (tertiary/aromatic N) is 3. The Balaban J connectivity index is 1.09. The van der Waals surface area contributed by atoms with Gasteiger partial charge in [-0.05, 0) is 61.3 Å². The van der Waals surface area contributed by atoms with E-state index in [0.717, 1.165) is 49.8 Å². The Hall–Kier alpha value is -3.02. The molecule has 5 rings (SSSR count). The van der Waals surface area contributed by atoms with E-state index in [9.17, 15) is 0 Å². The van der Waals surface area contributed by atoms with Crippen molar-refractivity contribution in [1.82, 2.24) is 9.80 Å². The fourth-order valence-corrected chi connectivity index (χ4v) is 5.35. The Labute approximate surface area is 209 Å². The van der Waals surface area contributed by atoms with E-state index in [-0.39, 0.29) is 0 Å². The van der Waals surface area contributed by atoms with Crippen LogP contribution in [0.4, 0.5) is 5.69 Å². The van der Waals surface area contributed by atoms with Crippen LogP contribution in [0.25, 0.3) is 0 Å². The number of ether oxygens (including phenoxy) is 2. The summed E-state index contributed by atoms with van der Waals surface area (Å²) in [5.74, 6) is 1.61. The first-order chi connectivity index (χ1) is 17.3. The van der Waals surface area contributed by atoms with Crippen molar-refractivity contribution >= 4 is 5.69 Å². The topological polar surface area (TPSA) is 28.2 Å². The molecule has 0 aliphatic carbocycles. The molecule has 2 saturated heterocycles. The van der Waals surface area contributed by atoms with E-state index in [1.807, 2.05) is 18.2 Å². The van der Waals surface area contributed by atoms with Crippen molar-refractivity contribution in [3.05, 3.63) is 90.0 Å². The van der Waals surface area contributed by atoms with E-state index in [2.05, 4.69) is 75.4 Å². The average molecular weight is 472 g/mol. The summed E-state index contributed by atoms with van der Waals surface area (Å²) in [7, 11) is 1.72. The number of anilines is 1. The fourth-order valence-electron chi connectivity index (χ4n) is 5.35. The van der Waals surface area contributed by atoms with Gasteiger partial charge in [0.25, 0.3) is 0 Å². The normalized spacial score (nSPS) is 17.9. The average Bonchev–Trinajstić information content (AvgIpc) is 2.94. The molecule has 3 aromatic carbocycles. The van der Waals surface area contributed by atoms with Crippen LogP contribution in [0, 0.1) is 0 Å². The van der Waals surface area contributed by atoms with Gasteiger partial charge in [-0.1, -0.05) is 54.6 Å². The Bertz CT molecular complexity index is 1040. The van der Waals surface area contributed by atoms with E-state index in [1.165, 1.54) is 37.2 Å². The Morgan fingerprint density at radius 2 is 1.40 bits per heavy atom. The van der Waals surface area contributed by atoms with Gasteiger partial charge in [0.2, 0.25) is 0 Å². The molecule has 184 valence electrons. The molecule has 5 heteroatoms. The van der Waals surface area contributed by atoms with Gasteiger partial charge >= 0.3 is 0 Å². The second kappa shape index (κ2) is 11.6. The van der Waals surface area contributed by atoms with Crippen molar-refractivity contribution < 1.29 is 9.47 Å². The lowest BCUT2D eigenvalue weighted by Gasteiger charge is -2.43. The summed E-state index contributed by atoms with van der Waals surface area (Å²) in [6, 6.07) is 28.1. The molecule has 0 unspecified atom stereocenters. The molecule has 0 bridgehead atoms. The van der Waals surface area contributed by atoms with Crippen molar-refractivity contribution in [3.63, 3.8) is 0 Å². The first-order valence-corrected chi connectivity index (χ1v) is 12.9. The van der Waals surface area contributed by atoms with Crippen LogP contribution in [0.5, 0.6) is 11.5 Å². The summed E-state index contributed by atoms with van der Waals surface area (Å²) in [5.41, 5.74) is 3.79. The van der Waals surface area contributed by atoms with Gasteiger partial charge in [-0.25, -0.2) is 0 Å². The molecule has 2 heterocycles. The number of methoxy groups -OCH3 is 1. The van der Waals surface area contributed by atoms with Crippen LogP contribution >= 0.6 is 0 Å². The Kier molecular flexibility index (Phi) is 7.86. The van der Waals surface area contributed by atoms with Gasteiger partial charge in [0.15, 0.2) is 11.5 Å². The van der Waals surface area contributed by atoms with Crippen LogP contribution in [-0.4, -0.2) is 62.2 Å². The predicted molar refractivity (Wildman–Crippen MR) is 142 cm³/mol. The third kappa shape index (κ3) is 6.16. The maximum Gasteiger partial charge on any atom is 0.161 e. The molecule has 0 saturated carbocycles. The highest BCUT2D eigenvalue weighted by Gasteiger charge is 2.27. The van der Waals surface area contributed by atoms with Crippen LogP contribution in [-0.2, 0) is 13.2 Å². The van der Waals surface area contributed by atoms with Gasteiger partial charge in [0.1, 0.15) is 6.61 Å². The summed E-state index contributed by atoms with van der Waals surface area (Å²) >= 11 is 0. The minimum Gasteiger partial charge on any atom is -0.493 e. The van der Waals surface area contributed by atoms with Crippen LogP contribution in [0.15, 0.2) is 78.9 Å². The summed E-state index contributed by atoms with van der Waals surface area (Å²) < 4.78 is 11.7. The number of para-hydroxylation sites is 1. The number of hydrogen-bond acceptors (Lipinski definition) is 5. The molecule has 0 aromatic heterocycles. The first kappa shape index (κ1) is 23.7. The Morgan fingerprint density at radius 3 is 2.09 bits per heavy atom. The minimum absolute atomic E-state index is 0.545. The van der Waals surface area contributed by atoms with Gasteiger partial charge in [-0.15, -0.1) is 0 Å². The molecule has 2 fully saturated rings. The molecule has 35 heavy (non-hydrogen) atoms. The van der Waals surface area contributed by atoms with Gasteiger partial charge in [0, 0.05) is 44.5 Å². The highest BCUT2D eigenvalue weighted by molar-refractivity contribution is 5.46. The van der Waals surface area contributed by atoms with E-state index in [0.29, 0.717) is 12.6 Å². The van der Waals surface area contributed by atoms with Crippen molar-refractivity contribution in [2.24, 2.45) is 0 Å². The molecule has 0 amide bonds. The molecule has 2 aliphatic heterocycles. The molecule has 0 N–H and O–H groups in total. The number of benzene rings is 3. The third-order valence-corrected chi connectivity index (χ3v) is 7.38. The molecule has 0 radical (unpaired) electrons. The molecule has 0 atom stereocenters. The van der Waals surface area contributed by atoms with Crippen molar-refractivity contribution in [1.29, 1.82) is 0 Å². The van der Waals surface area contributed by atoms with Gasteiger partial charge in [-0.2, -0.15) is 0 Å². The lowest BCUT2D eigenvalue weighted by molar-refractivity contribution is 0.0998. The summed E-state index contributed by atoms with van der Waals surface area (Å²) in [4.78, 5) is 7.82. The number of hydrogen-bond donors (Lipinski definition) is 0. The molecule has 5 nitrogen and oxygen atoms in total. The predicted octanol–water partition coefficient (Wildman–Crippen LogP) is 5.06. The first-order valence-electron chi connectivity index (χ1n) is 12.9. The lowest BCUT2D eigenvalue weighted by Crippen LogP contribution is -2.53. The van der Waals surface area contributed by atoms with E-state index < -0.39 is 0 Å². The van der Waals surface area contributed by atoms with E-state index in [4.69, 9.17) is 9.47 Å². The third-order valence-electron chi connectivity index (χ3n) is 7.38. The monoisotopic (exact) mass is 471 g/mol. The molecule has 3 aromatic rings. The van der Waals surface area contributed by atoms with E-state index >= 15 is 0 Å². The summed E-state index contributed by atoms with van der Waals surface area (Å²) in [5, 5.41) is 0. The van der Waals surface area contributed by atoms with Crippen LogP contribution < -0.4 is 14.4 Å². The summed E-state index contributed by atoms with van der Waals surface area (Å²) in [6.45, 7) is 8.40. The zero-order valence-corrected chi connectivity index (χ0v) is 20.8. The smallest absolute Gasteiger partial charge is 0.161 e. The summed E-state index contributed by atoms with van der Waals surface area (Å²) in [6.07, 6.45) is 2.50. The van der Waals surface area contributed by atoms with Gasteiger partial charge < -0.3 is 14.4 Å². The zero-order valence-electron chi connectivity index (χ0n) is 20.8. The van der Waals surface area contributed by atoms with Crippen molar-refractivity contribution in [3.8, 4) is 11.5 Å². The second-order valence-corrected chi connectivity index (χ2v) is 9.63. The lowest BCUT2D eigenvalue weighted by atomic mass is 10.0. The largest absolute Gasteiger partial charge is 0.493 e. The number of piperidine rings is 1. The van der Waals surface area contributed by atoms with Crippen molar-refractivity contribution in [2.75, 3.05) is 51.3 Å². The van der Waals surface area contributed by atoms with Crippen LogP contribution in [0.1, 0.15) is 24.0 Å². The SMILES string of the molecule is COc1cc(CN2CCC(N3CCN(c4ccccc4)CC3)CC2)ccc1OCc1ccccc1. The standard InChI is InChI=1S/C30H37N3O2/c1-34-30-22-26(12-13-29(30)35-24-25-8-4-2-5-9-25)23-31-16-14-28(15-17-31)33-20-18-32(19-21-33)27-10-6-3-7-11-27/h2-13,22,28H,14-21,23-24H2,1H3. The molecular weight excluding hydrogens is 434 g/mol. The van der Waals surface area contributed by atoms with Crippen LogP contribution in [0.3, 0.4) is 0 Å². The molecular formula is C30H37N3O2. The maximum absolute atomic E-state index is 6.03. The number of rotatable bonds is 8. The van der Waals surface area contributed by atoms with E-state index in [1.54, 1.807) is 7.11 Å². The van der Waals surface area contributed by atoms with Crippen LogP contribution in [0.2, 0.25) is 0 Å². The number of piperazine rings is 1. The number of likely N-dealkylation sites (tertiary alicyclic amines) is 1. The second-order valence-electron chi connectivity index (χ2n) is 9.63. The molecule has 0 spiro atoms. The van der Waals surface area contributed by atoms with Crippen molar-refractivity contribution in [2.45, 2.75) is 32.0 Å². The zero-order chi connectivity index (χ0) is 23.9. The highest BCUT2D eigenvalue weighted by atomic mass is 16.5. The molecule has 2 aliphatic rings.